The summed E-state index contributed by atoms with van der Waals surface area (Å²) >= 11 is 4.15. The van der Waals surface area contributed by atoms with Crippen molar-refractivity contribution < 1.29 is 32.7 Å². The number of anilines is 1. The van der Waals surface area contributed by atoms with Crippen LogP contribution >= 0.6 is 45.2 Å². The van der Waals surface area contributed by atoms with Gasteiger partial charge in [-0.25, -0.2) is 0 Å². The standard InChI is InChI=1S/C23H22F3I2N5O4/c24-23(25,26)14-4-13(7-17(8-14)32-22-29-2-1-3-30-22)21(37)31-11-19(34)33-18(10-20(35)36)12-5-15(27)9-16(28)6-12/h4-9,18H,1-3,10-11H2,(H,31,37)(H,33,34)(H,35,36)(H2,29,30,32). The summed E-state index contributed by atoms with van der Waals surface area (Å²) in [4.78, 5) is 40.7. The molecule has 198 valence electrons. The number of nitrogens with one attached hydrogen (secondary N) is 4. The molecule has 9 nitrogen and oxygen atoms in total. The molecule has 2 aromatic carbocycles. The van der Waals surface area contributed by atoms with Crippen LogP contribution in [0.3, 0.4) is 0 Å². The molecule has 1 aliphatic rings. The molecule has 0 spiro atoms. The maximum Gasteiger partial charge on any atom is 0.416 e. The number of carbonyl (C=O) groups excluding carboxylic acids is 2. The summed E-state index contributed by atoms with van der Waals surface area (Å²) < 4.78 is 42.0. The van der Waals surface area contributed by atoms with Crippen molar-refractivity contribution in [3.05, 3.63) is 60.2 Å². The second kappa shape index (κ2) is 12.7. The smallest absolute Gasteiger partial charge is 0.416 e. The Balaban J connectivity index is 1.72. The minimum Gasteiger partial charge on any atom is -0.481 e. The highest BCUT2D eigenvalue weighted by Gasteiger charge is 2.32. The van der Waals surface area contributed by atoms with E-state index < -0.39 is 48.5 Å². The Morgan fingerprint density at radius 3 is 2.38 bits per heavy atom. The van der Waals surface area contributed by atoms with Crippen molar-refractivity contribution in [3.63, 3.8) is 0 Å². The molecule has 1 heterocycles. The van der Waals surface area contributed by atoms with Crippen LogP contribution < -0.4 is 21.3 Å². The molecule has 37 heavy (non-hydrogen) atoms. The molecule has 1 aliphatic heterocycles. The van der Waals surface area contributed by atoms with Crippen molar-refractivity contribution in [1.29, 1.82) is 0 Å². The summed E-state index contributed by atoms with van der Waals surface area (Å²) in [7, 11) is 0. The summed E-state index contributed by atoms with van der Waals surface area (Å²) in [6.07, 6.45) is -4.31. The first-order chi connectivity index (χ1) is 17.4. The van der Waals surface area contributed by atoms with Gasteiger partial charge in [-0.2, -0.15) is 13.2 Å². The van der Waals surface area contributed by atoms with Crippen molar-refractivity contribution in [2.24, 2.45) is 4.99 Å². The van der Waals surface area contributed by atoms with Gasteiger partial charge < -0.3 is 26.4 Å². The molecule has 1 unspecified atom stereocenters. The first-order valence-corrected chi connectivity index (χ1v) is 13.1. The maximum absolute atomic E-state index is 13.5. The number of aliphatic imine (C=N–C) groups is 1. The molecule has 0 aromatic heterocycles. The Kier molecular flexibility index (Phi) is 9.97. The first-order valence-electron chi connectivity index (χ1n) is 10.9. The number of rotatable bonds is 8. The molecule has 0 saturated heterocycles. The number of halogens is 5. The average molecular weight is 743 g/mol. The van der Waals surface area contributed by atoms with E-state index in [-0.39, 0.29) is 11.3 Å². The fourth-order valence-corrected chi connectivity index (χ4v) is 5.44. The van der Waals surface area contributed by atoms with Crippen molar-refractivity contribution in [2.45, 2.75) is 25.1 Å². The molecule has 5 N–H and O–H groups in total. The van der Waals surface area contributed by atoms with Gasteiger partial charge in [0.05, 0.1) is 24.6 Å². The molecule has 14 heteroatoms. The summed E-state index contributed by atoms with van der Waals surface area (Å²) in [5.74, 6) is -2.43. The van der Waals surface area contributed by atoms with Gasteiger partial charge in [-0.3, -0.25) is 19.4 Å². The molecule has 0 fully saturated rings. The Morgan fingerprint density at radius 2 is 1.78 bits per heavy atom. The van der Waals surface area contributed by atoms with E-state index in [9.17, 15) is 32.7 Å². The van der Waals surface area contributed by atoms with Crippen molar-refractivity contribution in [1.82, 2.24) is 16.0 Å². The van der Waals surface area contributed by atoms with Crippen molar-refractivity contribution in [3.8, 4) is 0 Å². The Hall–Kier alpha value is -2.63. The highest BCUT2D eigenvalue weighted by Crippen LogP contribution is 2.32. The number of carboxylic acid groups (broad SMARTS) is 1. The lowest BCUT2D eigenvalue weighted by Gasteiger charge is -2.19. The van der Waals surface area contributed by atoms with Gasteiger partial charge in [0, 0.05) is 31.5 Å². The van der Waals surface area contributed by atoms with E-state index >= 15 is 0 Å². The van der Waals surface area contributed by atoms with Crippen LogP contribution in [0.25, 0.3) is 0 Å². The van der Waals surface area contributed by atoms with Crippen LogP contribution in [0.1, 0.15) is 40.4 Å². The molecule has 0 bridgehead atoms. The number of hydrogen-bond donors (Lipinski definition) is 5. The summed E-state index contributed by atoms with van der Waals surface area (Å²) in [6, 6.07) is 7.26. The largest absolute Gasteiger partial charge is 0.481 e. The van der Waals surface area contributed by atoms with Gasteiger partial charge in [-0.1, -0.05) is 0 Å². The zero-order chi connectivity index (χ0) is 27.2. The molecule has 0 radical (unpaired) electrons. The normalized spacial score (nSPS) is 14.1. The lowest BCUT2D eigenvalue weighted by Crippen LogP contribution is -2.39. The SMILES string of the molecule is O=C(O)CC(NC(=O)CNC(=O)c1cc(NC2=NCCCN2)cc(C(F)(F)F)c1)c1cc(I)cc(I)c1. The van der Waals surface area contributed by atoms with Crippen LogP contribution in [0.2, 0.25) is 0 Å². The molecular weight excluding hydrogens is 721 g/mol. The van der Waals surface area contributed by atoms with Gasteiger partial charge >= 0.3 is 12.1 Å². The van der Waals surface area contributed by atoms with E-state index in [4.69, 9.17) is 0 Å². The zero-order valence-electron chi connectivity index (χ0n) is 19.1. The van der Waals surface area contributed by atoms with Crippen LogP contribution in [0.4, 0.5) is 18.9 Å². The van der Waals surface area contributed by atoms with Crippen LogP contribution in [0, 0.1) is 7.14 Å². The van der Waals surface area contributed by atoms with Crippen molar-refractivity contribution >= 4 is 74.6 Å². The minimum atomic E-state index is -4.71. The lowest BCUT2D eigenvalue weighted by atomic mass is 10.0. The predicted molar refractivity (Wildman–Crippen MR) is 147 cm³/mol. The van der Waals surface area contributed by atoms with E-state index in [2.05, 4.69) is 71.4 Å². The van der Waals surface area contributed by atoms with E-state index in [1.807, 2.05) is 6.07 Å². The fraction of sp³-hybridized carbons (Fsp3) is 0.304. The second-order valence-electron chi connectivity index (χ2n) is 8.04. The number of nitrogens with zero attached hydrogens (tertiary/aromatic N) is 1. The summed E-state index contributed by atoms with van der Waals surface area (Å²) in [6.45, 7) is 0.557. The number of hydrogen-bond acceptors (Lipinski definition) is 6. The molecule has 3 rings (SSSR count). The zero-order valence-corrected chi connectivity index (χ0v) is 23.4. The van der Waals surface area contributed by atoms with E-state index in [0.717, 1.165) is 19.6 Å². The molecule has 2 aromatic rings. The number of aliphatic carboxylic acids is 1. The second-order valence-corrected chi connectivity index (χ2v) is 10.5. The van der Waals surface area contributed by atoms with Crippen LogP contribution in [-0.2, 0) is 15.8 Å². The number of carbonyl (C=O) groups is 3. The highest BCUT2D eigenvalue weighted by atomic mass is 127. The van der Waals surface area contributed by atoms with E-state index in [0.29, 0.717) is 30.7 Å². The van der Waals surface area contributed by atoms with E-state index in [1.165, 1.54) is 6.07 Å². The monoisotopic (exact) mass is 743 g/mol. The topological polar surface area (TPSA) is 132 Å². The maximum atomic E-state index is 13.5. The van der Waals surface area contributed by atoms with Gasteiger partial charge in [0.1, 0.15) is 0 Å². The predicted octanol–water partition coefficient (Wildman–Crippen LogP) is 3.74. The van der Waals surface area contributed by atoms with Crippen LogP contribution in [0.5, 0.6) is 0 Å². The molecular formula is C23H22F3I2N5O4. The van der Waals surface area contributed by atoms with Gasteiger partial charge in [0.25, 0.3) is 5.91 Å². The Bertz CT molecular complexity index is 1200. The van der Waals surface area contributed by atoms with Crippen LogP contribution in [0.15, 0.2) is 41.4 Å². The Labute approximate surface area is 237 Å². The number of guanidine groups is 1. The summed E-state index contributed by atoms with van der Waals surface area (Å²) in [5, 5.41) is 19.8. The lowest BCUT2D eigenvalue weighted by molar-refractivity contribution is -0.138. The van der Waals surface area contributed by atoms with Gasteiger partial charge in [-0.05, 0) is 93.6 Å². The number of benzene rings is 2. The number of alkyl halides is 3. The molecule has 1 atom stereocenters. The Morgan fingerprint density at radius 1 is 1.08 bits per heavy atom. The summed E-state index contributed by atoms with van der Waals surface area (Å²) in [5.41, 5.74) is -0.771. The van der Waals surface area contributed by atoms with Crippen molar-refractivity contribution in [2.75, 3.05) is 25.0 Å². The molecule has 0 aliphatic carbocycles. The third kappa shape index (κ3) is 9.01. The number of carboxylic acids is 1. The average Bonchev–Trinajstić information content (AvgIpc) is 2.81. The molecule has 2 amide bonds. The highest BCUT2D eigenvalue weighted by molar-refractivity contribution is 14.1. The fourth-order valence-electron chi connectivity index (χ4n) is 3.46. The number of amides is 2. The van der Waals surface area contributed by atoms with Crippen LogP contribution in [-0.4, -0.2) is 48.5 Å². The van der Waals surface area contributed by atoms with E-state index in [1.54, 1.807) is 12.1 Å². The first kappa shape index (κ1) is 28.9. The third-order valence-corrected chi connectivity index (χ3v) is 6.34. The van der Waals surface area contributed by atoms with Gasteiger partial charge in [0.15, 0.2) is 5.96 Å². The third-order valence-electron chi connectivity index (χ3n) is 5.09. The minimum absolute atomic E-state index is 0.00684. The quantitative estimate of drug-likeness (QED) is 0.262. The van der Waals surface area contributed by atoms with Gasteiger partial charge in [-0.15, -0.1) is 0 Å². The molecule has 0 saturated carbocycles. The van der Waals surface area contributed by atoms with Gasteiger partial charge in [0.2, 0.25) is 5.91 Å².